The van der Waals surface area contributed by atoms with Gasteiger partial charge in [-0.05, 0) is 36.8 Å². The number of hydrogen-bond donors (Lipinski definition) is 0. The number of halogens is 1. The van der Waals surface area contributed by atoms with Crippen molar-refractivity contribution >= 4 is 27.3 Å². The van der Waals surface area contributed by atoms with Crippen LogP contribution in [0.3, 0.4) is 0 Å². The van der Waals surface area contributed by atoms with Gasteiger partial charge in [0.1, 0.15) is 5.69 Å². The predicted molar refractivity (Wildman–Crippen MR) is 89.3 cm³/mol. The van der Waals surface area contributed by atoms with Crippen LogP contribution in [0.1, 0.15) is 29.0 Å². The molecule has 1 atom stereocenters. The average Bonchev–Trinajstić information content (AvgIpc) is 2.52. The first kappa shape index (κ1) is 17.4. The fourth-order valence-electron chi connectivity index (χ4n) is 2.10. The number of carbonyl (C=O) groups is 1. The Hall–Kier alpha value is -1.92. The summed E-state index contributed by atoms with van der Waals surface area (Å²) in [4.78, 5) is 18.3. The SMILES string of the molecule is CC(c1ccc(S(C)(=O)=O)cc1)N(C)C(=O)c1cc(Cl)ccn1. The molecule has 1 aromatic heterocycles. The van der Waals surface area contributed by atoms with Gasteiger partial charge in [0.2, 0.25) is 0 Å². The number of sulfone groups is 1. The van der Waals surface area contributed by atoms with Crippen LogP contribution in [-0.2, 0) is 9.84 Å². The van der Waals surface area contributed by atoms with Crippen LogP contribution in [0, 0.1) is 0 Å². The lowest BCUT2D eigenvalue weighted by molar-refractivity contribution is 0.0736. The summed E-state index contributed by atoms with van der Waals surface area (Å²) in [7, 11) is -1.57. The molecule has 2 rings (SSSR count). The maximum atomic E-state index is 12.4. The number of benzene rings is 1. The number of rotatable bonds is 4. The van der Waals surface area contributed by atoms with Crippen molar-refractivity contribution in [1.29, 1.82) is 0 Å². The first-order valence-electron chi connectivity index (χ1n) is 6.89. The molecule has 0 aliphatic rings. The lowest BCUT2D eigenvalue weighted by Gasteiger charge is -2.25. The molecule has 0 aliphatic carbocycles. The molecule has 122 valence electrons. The number of pyridine rings is 1. The molecule has 23 heavy (non-hydrogen) atoms. The summed E-state index contributed by atoms with van der Waals surface area (Å²) in [6, 6.07) is 9.36. The maximum absolute atomic E-state index is 12.4. The van der Waals surface area contributed by atoms with Crippen LogP contribution in [0.15, 0.2) is 47.5 Å². The van der Waals surface area contributed by atoms with Crippen LogP contribution in [0.2, 0.25) is 5.02 Å². The second-order valence-electron chi connectivity index (χ2n) is 5.29. The highest BCUT2D eigenvalue weighted by molar-refractivity contribution is 7.90. The third-order valence-corrected chi connectivity index (χ3v) is 5.00. The van der Waals surface area contributed by atoms with E-state index in [1.807, 2.05) is 6.92 Å². The van der Waals surface area contributed by atoms with Gasteiger partial charge in [0.15, 0.2) is 9.84 Å². The summed E-state index contributed by atoms with van der Waals surface area (Å²) in [6.07, 6.45) is 2.64. The largest absolute Gasteiger partial charge is 0.334 e. The third kappa shape index (κ3) is 4.09. The Balaban J connectivity index is 2.22. The van der Waals surface area contributed by atoms with Crippen molar-refractivity contribution in [2.45, 2.75) is 17.9 Å². The second kappa shape index (κ2) is 6.68. The molecule has 0 saturated carbocycles. The monoisotopic (exact) mass is 352 g/mol. The Morgan fingerprint density at radius 1 is 1.22 bits per heavy atom. The second-order valence-corrected chi connectivity index (χ2v) is 7.74. The quantitative estimate of drug-likeness (QED) is 0.848. The van der Waals surface area contributed by atoms with Gasteiger partial charge in [-0.2, -0.15) is 0 Å². The molecule has 0 saturated heterocycles. The van der Waals surface area contributed by atoms with Crippen molar-refractivity contribution in [1.82, 2.24) is 9.88 Å². The molecule has 0 N–H and O–H groups in total. The van der Waals surface area contributed by atoms with Crippen molar-refractivity contribution in [3.8, 4) is 0 Å². The Morgan fingerprint density at radius 3 is 2.35 bits per heavy atom. The molecular formula is C16H17ClN2O3S. The Morgan fingerprint density at radius 2 is 1.83 bits per heavy atom. The topological polar surface area (TPSA) is 67.3 Å². The minimum Gasteiger partial charge on any atom is -0.334 e. The summed E-state index contributed by atoms with van der Waals surface area (Å²) in [5.74, 6) is -0.257. The van der Waals surface area contributed by atoms with Crippen LogP contribution in [0.4, 0.5) is 0 Å². The molecule has 0 aliphatic heterocycles. The standard InChI is InChI=1S/C16H17ClN2O3S/c1-11(12-4-6-14(7-5-12)23(3,21)22)19(2)16(20)15-10-13(17)8-9-18-15/h4-11H,1-3H3. The van der Waals surface area contributed by atoms with E-state index in [0.29, 0.717) is 5.02 Å². The van der Waals surface area contributed by atoms with Crippen LogP contribution in [0.25, 0.3) is 0 Å². The number of nitrogens with zero attached hydrogens (tertiary/aromatic N) is 2. The molecule has 0 bridgehead atoms. The van der Waals surface area contributed by atoms with Gasteiger partial charge < -0.3 is 4.90 Å². The lowest BCUT2D eigenvalue weighted by Crippen LogP contribution is -2.30. The molecule has 1 aromatic carbocycles. The molecule has 1 amide bonds. The van der Waals surface area contributed by atoms with E-state index in [9.17, 15) is 13.2 Å². The van der Waals surface area contributed by atoms with Gasteiger partial charge in [-0.15, -0.1) is 0 Å². The van der Waals surface area contributed by atoms with E-state index in [2.05, 4.69) is 4.98 Å². The fraction of sp³-hybridized carbons (Fsp3) is 0.250. The fourth-order valence-corrected chi connectivity index (χ4v) is 2.89. The first-order chi connectivity index (χ1) is 10.7. The van der Waals surface area contributed by atoms with E-state index < -0.39 is 9.84 Å². The molecule has 0 fully saturated rings. The number of hydrogen-bond acceptors (Lipinski definition) is 4. The Bertz CT molecular complexity index is 819. The molecule has 5 nitrogen and oxygen atoms in total. The van der Waals surface area contributed by atoms with Crippen LogP contribution in [0.5, 0.6) is 0 Å². The first-order valence-corrected chi connectivity index (χ1v) is 9.16. The Kier molecular flexibility index (Phi) is 5.06. The highest BCUT2D eigenvalue weighted by atomic mass is 35.5. The smallest absolute Gasteiger partial charge is 0.272 e. The number of carbonyl (C=O) groups excluding carboxylic acids is 1. The lowest BCUT2D eigenvalue weighted by atomic mass is 10.1. The van der Waals surface area contributed by atoms with Crippen molar-refractivity contribution in [2.24, 2.45) is 0 Å². The Labute approximate surface area is 140 Å². The minimum atomic E-state index is -3.23. The van der Waals surface area contributed by atoms with Crippen molar-refractivity contribution < 1.29 is 13.2 Å². The van der Waals surface area contributed by atoms with Crippen LogP contribution < -0.4 is 0 Å². The van der Waals surface area contributed by atoms with Crippen LogP contribution >= 0.6 is 11.6 Å². The highest BCUT2D eigenvalue weighted by Gasteiger charge is 2.20. The number of amides is 1. The van der Waals surface area contributed by atoms with E-state index >= 15 is 0 Å². The highest BCUT2D eigenvalue weighted by Crippen LogP contribution is 2.22. The predicted octanol–water partition coefficient (Wildman–Crippen LogP) is 2.97. The van der Waals surface area contributed by atoms with Gasteiger partial charge >= 0.3 is 0 Å². The van der Waals surface area contributed by atoms with E-state index in [-0.39, 0.29) is 22.5 Å². The van der Waals surface area contributed by atoms with Gasteiger partial charge in [0, 0.05) is 24.5 Å². The molecule has 0 spiro atoms. The van der Waals surface area contributed by atoms with E-state index in [0.717, 1.165) is 11.8 Å². The molecule has 7 heteroatoms. The zero-order chi connectivity index (χ0) is 17.2. The average molecular weight is 353 g/mol. The minimum absolute atomic E-state index is 0.239. The van der Waals surface area contributed by atoms with E-state index in [1.165, 1.54) is 29.3 Å². The molecule has 1 unspecified atom stereocenters. The molecule has 1 heterocycles. The molecule has 2 aromatic rings. The summed E-state index contributed by atoms with van der Waals surface area (Å²) in [5.41, 5.74) is 1.09. The third-order valence-electron chi connectivity index (χ3n) is 3.63. The van der Waals surface area contributed by atoms with Gasteiger partial charge in [-0.3, -0.25) is 9.78 Å². The zero-order valence-corrected chi connectivity index (χ0v) is 14.6. The summed E-state index contributed by atoms with van der Waals surface area (Å²) < 4.78 is 23.0. The van der Waals surface area contributed by atoms with Crippen molar-refractivity contribution in [3.63, 3.8) is 0 Å². The van der Waals surface area contributed by atoms with E-state index in [1.54, 1.807) is 25.2 Å². The van der Waals surface area contributed by atoms with Gasteiger partial charge in [0.05, 0.1) is 10.9 Å². The van der Waals surface area contributed by atoms with Crippen LogP contribution in [-0.4, -0.2) is 37.5 Å². The zero-order valence-electron chi connectivity index (χ0n) is 13.0. The van der Waals surface area contributed by atoms with Gasteiger partial charge in [-0.1, -0.05) is 23.7 Å². The van der Waals surface area contributed by atoms with Crippen molar-refractivity contribution in [3.05, 3.63) is 58.9 Å². The normalized spacial score (nSPS) is 12.7. The maximum Gasteiger partial charge on any atom is 0.272 e. The molecular weight excluding hydrogens is 336 g/mol. The van der Waals surface area contributed by atoms with E-state index in [4.69, 9.17) is 11.6 Å². The van der Waals surface area contributed by atoms with Gasteiger partial charge in [0.25, 0.3) is 5.91 Å². The van der Waals surface area contributed by atoms with Crippen molar-refractivity contribution in [2.75, 3.05) is 13.3 Å². The summed E-state index contributed by atoms with van der Waals surface area (Å²) in [6.45, 7) is 1.86. The summed E-state index contributed by atoms with van der Waals surface area (Å²) >= 11 is 5.88. The van der Waals surface area contributed by atoms with Gasteiger partial charge in [-0.25, -0.2) is 8.42 Å². The summed E-state index contributed by atoms with van der Waals surface area (Å²) in [5, 5.41) is 0.446. The number of aromatic nitrogens is 1. The molecule has 0 radical (unpaired) electrons.